The number of hydrogen-bond acceptors (Lipinski definition) is 3. The smallest absolute Gasteiger partial charge is 0.276 e. The fourth-order valence-corrected chi connectivity index (χ4v) is 2.76. The van der Waals surface area contributed by atoms with Crippen LogP contribution in [0.15, 0.2) is 59.5 Å². The number of rotatable bonds is 3. The van der Waals surface area contributed by atoms with E-state index < -0.39 is 17.5 Å². The molecule has 4 aromatic rings. The van der Waals surface area contributed by atoms with Gasteiger partial charge in [-0.25, -0.2) is 8.78 Å². The van der Waals surface area contributed by atoms with Gasteiger partial charge >= 0.3 is 0 Å². The molecule has 1 amide bonds. The molecule has 134 valence electrons. The summed E-state index contributed by atoms with van der Waals surface area (Å²) in [5.74, 6) is -2.42. The van der Waals surface area contributed by atoms with E-state index in [2.05, 4.69) is 20.5 Å². The molecule has 4 rings (SSSR count). The highest BCUT2D eigenvalue weighted by Gasteiger charge is 2.17. The predicted octanol–water partition coefficient (Wildman–Crippen LogP) is 3.45. The summed E-state index contributed by atoms with van der Waals surface area (Å²) in [5.41, 5.74) is 1.27. The van der Waals surface area contributed by atoms with Crippen LogP contribution in [-0.4, -0.2) is 21.1 Å². The summed E-state index contributed by atoms with van der Waals surface area (Å²) in [5, 5.41) is 9.81. The Hall–Kier alpha value is -3.81. The molecule has 27 heavy (non-hydrogen) atoms. The van der Waals surface area contributed by atoms with Crippen LogP contribution in [-0.2, 0) is 0 Å². The highest BCUT2D eigenvalue weighted by Crippen LogP contribution is 2.28. The van der Waals surface area contributed by atoms with Gasteiger partial charge in [0.2, 0.25) is 5.56 Å². The molecule has 8 heteroatoms. The molecule has 0 fully saturated rings. The first-order chi connectivity index (χ1) is 13.0. The number of H-pyrrole nitrogens is 2. The van der Waals surface area contributed by atoms with Crippen molar-refractivity contribution in [1.82, 2.24) is 15.2 Å². The lowest BCUT2D eigenvalue weighted by atomic mass is 10.0. The quantitative estimate of drug-likeness (QED) is 0.519. The summed E-state index contributed by atoms with van der Waals surface area (Å²) in [6, 6.07) is 11.5. The minimum atomic E-state index is -0.959. The van der Waals surface area contributed by atoms with E-state index in [-0.39, 0.29) is 16.8 Å². The van der Waals surface area contributed by atoms with Crippen molar-refractivity contribution >= 4 is 22.5 Å². The molecule has 0 saturated carbocycles. The molecule has 0 bridgehead atoms. The maximum atomic E-state index is 14.1. The number of carbonyl (C=O) groups excluding carboxylic acids is 1. The molecule has 0 unspecified atom stereocenters. The lowest BCUT2D eigenvalue weighted by Crippen LogP contribution is -2.14. The van der Waals surface area contributed by atoms with E-state index in [1.54, 1.807) is 18.2 Å². The van der Waals surface area contributed by atoms with E-state index in [0.717, 1.165) is 6.07 Å². The molecule has 0 aliphatic carbocycles. The molecule has 2 aromatic carbocycles. The summed E-state index contributed by atoms with van der Waals surface area (Å²) in [4.78, 5) is 26.1. The van der Waals surface area contributed by atoms with Crippen molar-refractivity contribution in [2.24, 2.45) is 0 Å². The third-order valence-corrected chi connectivity index (χ3v) is 4.08. The Bertz CT molecular complexity index is 1210. The van der Waals surface area contributed by atoms with Crippen LogP contribution in [0.2, 0.25) is 0 Å². The Morgan fingerprint density at radius 2 is 1.93 bits per heavy atom. The fraction of sp³-hybridized carbons (Fsp3) is 0. The third-order valence-electron chi connectivity index (χ3n) is 4.08. The van der Waals surface area contributed by atoms with Gasteiger partial charge in [-0.3, -0.25) is 14.7 Å². The van der Waals surface area contributed by atoms with Crippen LogP contribution in [0.3, 0.4) is 0 Å². The van der Waals surface area contributed by atoms with Gasteiger partial charge in [-0.15, -0.1) is 0 Å². The normalized spacial score (nSPS) is 10.9. The van der Waals surface area contributed by atoms with Gasteiger partial charge < -0.3 is 10.3 Å². The number of halogens is 2. The Labute approximate surface area is 150 Å². The van der Waals surface area contributed by atoms with Gasteiger partial charge in [-0.05, 0) is 29.8 Å². The van der Waals surface area contributed by atoms with Crippen LogP contribution in [0.4, 0.5) is 14.5 Å². The number of pyridine rings is 1. The average Bonchev–Trinajstić information content (AvgIpc) is 3.09. The third kappa shape index (κ3) is 3.08. The predicted molar refractivity (Wildman–Crippen MR) is 96.5 cm³/mol. The first-order valence-electron chi connectivity index (χ1n) is 7.95. The van der Waals surface area contributed by atoms with Crippen LogP contribution < -0.4 is 10.9 Å². The molecular weight excluding hydrogens is 354 g/mol. The lowest BCUT2D eigenvalue weighted by molar-refractivity contribution is 0.102. The number of anilines is 1. The number of aromatic amines is 2. The Morgan fingerprint density at radius 1 is 1.07 bits per heavy atom. The van der Waals surface area contributed by atoms with Gasteiger partial charge in [-0.1, -0.05) is 18.2 Å². The second kappa shape index (κ2) is 6.49. The van der Waals surface area contributed by atoms with Gasteiger partial charge in [-0.2, -0.15) is 5.10 Å². The summed E-state index contributed by atoms with van der Waals surface area (Å²) < 4.78 is 27.6. The van der Waals surface area contributed by atoms with Crippen LogP contribution >= 0.6 is 0 Å². The molecule has 0 aliphatic heterocycles. The Balaban J connectivity index is 1.74. The number of fused-ring (bicyclic) bond motifs is 1. The van der Waals surface area contributed by atoms with E-state index in [1.165, 1.54) is 30.5 Å². The maximum Gasteiger partial charge on any atom is 0.276 e. The molecule has 2 heterocycles. The minimum absolute atomic E-state index is 0.0880. The van der Waals surface area contributed by atoms with Crippen LogP contribution in [0, 0.1) is 11.6 Å². The second-order valence-corrected chi connectivity index (χ2v) is 5.83. The molecule has 0 spiro atoms. The van der Waals surface area contributed by atoms with Crippen molar-refractivity contribution in [2.45, 2.75) is 0 Å². The highest BCUT2D eigenvalue weighted by molar-refractivity contribution is 6.11. The Kier molecular flexibility index (Phi) is 4.00. The van der Waals surface area contributed by atoms with Gasteiger partial charge in [0.1, 0.15) is 0 Å². The molecule has 6 nitrogen and oxygen atoms in total. The monoisotopic (exact) mass is 366 g/mol. The number of amides is 1. The summed E-state index contributed by atoms with van der Waals surface area (Å²) in [7, 11) is 0. The SMILES string of the molecule is O=C(Nc1ccc(=O)[nH]c1)c1n[nH]c2ccc(-c3cccc(F)c3F)cc12. The second-order valence-electron chi connectivity index (χ2n) is 5.83. The van der Waals surface area contributed by atoms with Gasteiger partial charge in [0.25, 0.3) is 5.91 Å². The van der Waals surface area contributed by atoms with E-state index in [1.807, 2.05) is 0 Å². The molecule has 3 N–H and O–H groups in total. The van der Waals surface area contributed by atoms with Crippen LogP contribution in [0.1, 0.15) is 10.5 Å². The molecule has 0 atom stereocenters. The molecule has 0 radical (unpaired) electrons. The zero-order chi connectivity index (χ0) is 19.0. The number of hydrogen-bond donors (Lipinski definition) is 3. The standard InChI is InChI=1S/C19H12F2N4O2/c20-14-3-1-2-12(17(14)21)10-4-6-15-13(8-10)18(25-24-15)19(27)23-11-5-7-16(26)22-9-11/h1-9H,(H,22,26)(H,23,27)(H,24,25). The van der Waals surface area contributed by atoms with Crippen molar-refractivity contribution in [3.8, 4) is 11.1 Å². The first kappa shape index (κ1) is 16.6. The van der Waals surface area contributed by atoms with Crippen molar-refractivity contribution < 1.29 is 13.6 Å². The minimum Gasteiger partial charge on any atom is -0.327 e. The van der Waals surface area contributed by atoms with Gasteiger partial charge in [0, 0.05) is 23.2 Å². The van der Waals surface area contributed by atoms with E-state index in [0.29, 0.717) is 22.2 Å². The van der Waals surface area contributed by atoms with Crippen molar-refractivity contribution in [1.29, 1.82) is 0 Å². The van der Waals surface area contributed by atoms with Gasteiger partial charge in [0.05, 0.1) is 11.2 Å². The maximum absolute atomic E-state index is 14.1. The number of carbonyl (C=O) groups is 1. The Morgan fingerprint density at radius 3 is 2.70 bits per heavy atom. The average molecular weight is 366 g/mol. The fourth-order valence-electron chi connectivity index (χ4n) is 2.76. The topological polar surface area (TPSA) is 90.6 Å². The molecular formula is C19H12F2N4O2. The number of aromatic nitrogens is 3. The largest absolute Gasteiger partial charge is 0.327 e. The zero-order valence-electron chi connectivity index (χ0n) is 13.7. The zero-order valence-corrected chi connectivity index (χ0v) is 13.7. The van der Waals surface area contributed by atoms with E-state index in [4.69, 9.17) is 0 Å². The molecule has 2 aromatic heterocycles. The van der Waals surface area contributed by atoms with Crippen molar-refractivity contribution in [3.63, 3.8) is 0 Å². The van der Waals surface area contributed by atoms with Gasteiger partial charge in [0.15, 0.2) is 17.3 Å². The molecule has 0 saturated heterocycles. The van der Waals surface area contributed by atoms with Crippen molar-refractivity contribution in [2.75, 3.05) is 5.32 Å². The first-order valence-corrected chi connectivity index (χ1v) is 7.95. The van der Waals surface area contributed by atoms with E-state index in [9.17, 15) is 18.4 Å². The summed E-state index contributed by atoms with van der Waals surface area (Å²) >= 11 is 0. The van der Waals surface area contributed by atoms with Crippen molar-refractivity contribution in [3.05, 3.63) is 82.4 Å². The number of nitrogens with zero attached hydrogens (tertiary/aromatic N) is 1. The van der Waals surface area contributed by atoms with E-state index >= 15 is 0 Å². The summed E-state index contributed by atoms with van der Waals surface area (Å²) in [6.45, 7) is 0. The van der Waals surface area contributed by atoms with Crippen LogP contribution in [0.25, 0.3) is 22.0 Å². The number of benzene rings is 2. The summed E-state index contributed by atoms with van der Waals surface area (Å²) in [6.07, 6.45) is 1.36. The molecule has 0 aliphatic rings. The van der Waals surface area contributed by atoms with Crippen LogP contribution in [0.5, 0.6) is 0 Å². The number of nitrogens with one attached hydrogen (secondary N) is 3. The lowest BCUT2D eigenvalue weighted by Gasteiger charge is -2.06. The highest BCUT2D eigenvalue weighted by atomic mass is 19.2.